The minimum Gasteiger partial charge on any atom is -0.474 e. The normalized spacial score (nSPS) is 18.2. The van der Waals surface area contributed by atoms with Crippen LogP contribution in [0.1, 0.15) is 49.7 Å². The number of anilines is 2. The van der Waals surface area contributed by atoms with Gasteiger partial charge < -0.3 is 14.6 Å². The number of piperidine rings is 1. The highest BCUT2D eigenvalue weighted by Gasteiger charge is 2.44. The van der Waals surface area contributed by atoms with Gasteiger partial charge in [-0.3, -0.25) is 4.79 Å². The van der Waals surface area contributed by atoms with Crippen LogP contribution in [0.3, 0.4) is 0 Å². The SMILES string of the molecule is CC(C)(C)c1cc(NC(=O)c2cnc3c(c2)N(S(=O)(=O)N2CCC(C(F)(F)F)CC2)CCO3)no1. The van der Waals surface area contributed by atoms with Crippen LogP contribution in [-0.4, -0.2) is 61.2 Å². The zero-order chi connectivity index (χ0) is 25.6. The van der Waals surface area contributed by atoms with Crippen molar-refractivity contribution in [1.82, 2.24) is 14.4 Å². The van der Waals surface area contributed by atoms with E-state index in [4.69, 9.17) is 9.26 Å². The Kier molecular flexibility index (Phi) is 6.47. The van der Waals surface area contributed by atoms with Crippen LogP contribution in [0, 0.1) is 5.92 Å². The molecule has 0 radical (unpaired) electrons. The molecule has 1 N–H and O–H groups in total. The molecule has 1 saturated heterocycles. The highest BCUT2D eigenvalue weighted by Crippen LogP contribution is 2.37. The maximum absolute atomic E-state index is 13.3. The number of nitrogens with zero attached hydrogens (tertiary/aromatic N) is 4. The first-order chi connectivity index (χ1) is 16.3. The molecule has 0 aromatic carbocycles. The minimum atomic E-state index is -4.36. The Bertz CT molecular complexity index is 1200. The van der Waals surface area contributed by atoms with E-state index in [0.29, 0.717) is 5.76 Å². The molecular formula is C21H26F3N5O5S. The number of carbonyl (C=O) groups is 1. The molecule has 14 heteroatoms. The van der Waals surface area contributed by atoms with Gasteiger partial charge in [-0.2, -0.15) is 25.9 Å². The van der Waals surface area contributed by atoms with Gasteiger partial charge in [0, 0.05) is 30.8 Å². The number of hydrogen-bond acceptors (Lipinski definition) is 7. The molecule has 2 aliphatic heterocycles. The second kappa shape index (κ2) is 8.97. The molecule has 0 spiro atoms. The highest BCUT2D eigenvalue weighted by molar-refractivity contribution is 7.90. The number of fused-ring (bicyclic) bond motifs is 1. The average molecular weight is 518 g/mol. The zero-order valence-corrected chi connectivity index (χ0v) is 20.2. The molecule has 0 atom stereocenters. The summed E-state index contributed by atoms with van der Waals surface area (Å²) in [6.07, 6.45) is -3.74. The van der Waals surface area contributed by atoms with Crippen molar-refractivity contribution >= 4 is 27.6 Å². The first kappa shape index (κ1) is 25.2. The van der Waals surface area contributed by atoms with Gasteiger partial charge in [-0.25, -0.2) is 9.29 Å². The lowest BCUT2D eigenvalue weighted by atomic mass is 9.93. The van der Waals surface area contributed by atoms with E-state index < -0.39 is 28.2 Å². The third kappa shape index (κ3) is 5.22. The topological polar surface area (TPSA) is 118 Å². The molecule has 0 unspecified atom stereocenters. The van der Waals surface area contributed by atoms with E-state index in [0.717, 1.165) is 8.61 Å². The highest BCUT2D eigenvalue weighted by atomic mass is 32.2. The maximum Gasteiger partial charge on any atom is 0.391 e. The smallest absolute Gasteiger partial charge is 0.391 e. The fourth-order valence-electron chi connectivity index (χ4n) is 3.87. The molecule has 4 rings (SSSR count). The predicted octanol–water partition coefficient (Wildman–Crippen LogP) is 3.34. The van der Waals surface area contributed by atoms with Crippen LogP contribution >= 0.6 is 0 Å². The molecule has 1 fully saturated rings. The number of halogens is 3. The van der Waals surface area contributed by atoms with E-state index in [-0.39, 0.29) is 67.4 Å². The largest absolute Gasteiger partial charge is 0.474 e. The lowest BCUT2D eigenvalue weighted by Gasteiger charge is -2.37. The van der Waals surface area contributed by atoms with Gasteiger partial charge in [0.25, 0.3) is 5.91 Å². The third-order valence-electron chi connectivity index (χ3n) is 5.91. The van der Waals surface area contributed by atoms with Crippen molar-refractivity contribution in [3.8, 4) is 5.88 Å². The second-order valence-corrected chi connectivity index (χ2v) is 11.3. The number of nitrogens with one attached hydrogen (secondary N) is 1. The summed E-state index contributed by atoms with van der Waals surface area (Å²) in [5, 5.41) is 6.41. The van der Waals surface area contributed by atoms with Gasteiger partial charge in [0.05, 0.1) is 18.0 Å². The molecular weight excluding hydrogens is 491 g/mol. The first-order valence-electron chi connectivity index (χ1n) is 11.0. The van der Waals surface area contributed by atoms with E-state index in [1.165, 1.54) is 12.3 Å². The summed E-state index contributed by atoms with van der Waals surface area (Å²) in [6.45, 7) is 5.20. The summed E-state index contributed by atoms with van der Waals surface area (Å²) in [7, 11) is -4.16. The average Bonchev–Trinajstić information content (AvgIpc) is 3.27. The van der Waals surface area contributed by atoms with Crippen molar-refractivity contribution in [2.45, 2.75) is 45.2 Å². The van der Waals surface area contributed by atoms with Gasteiger partial charge in [-0.15, -0.1) is 0 Å². The minimum absolute atomic E-state index is 0.0120. The monoisotopic (exact) mass is 517 g/mol. The molecule has 0 saturated carbocycles. The fourth-order valence-corrected chi connectivity index (χ4v) is 5.50. The van der Waals surface area contributed by atoms with Crippen molar-refractivity contribution in [2.75, 3.05) is 35.9 Å². The van der Waals surface area contributed by atoms with Crippen LogP contribution in [0.15, 0.2) is 22.9 Å². The van der Waals surface area contributed by atoms with Crippen molar-refractivity contribution in [2.24, 2.45) is 5.92 Å². The Morgan fingerprint density at radius 3 is 2.43 bits per heavy atom. The number of pyridine rings is 1. The fraction of sp³-hybridized carbons (Fsp3) is 0.571. The quantitative estimate of drug-likeness (QED) is 0.661. The molecule has 2 aliphatic rings. The third-order valence-corrected chi connectivity index (χ3v) is 7.86. The first-order valence-corrected chi connectivity index (χ1v) is 12.4. The second-order valence-electron chi connectivity index (χ2n) is 9.47. The molecule has 1 amide bonds. The summed E-state index contributed by atoms with van der Waals surface area (Å²) in [5.74, 6) is -1.36. The molecule has 192 valence electrons. The summed E-state index contributed by atoms with van der Waals surface area (Å²) in [5.41, 5.74) is -0.229. The van der Waals surface area contributed by atoms with Crippen molar-refractivity contribution in [1.29, 1.82) is 0 Å². The van der Waals surface area contributed by atoms with Gasteiger partial charge in [-0.1, -0.05) is 25.9 Å². The van der Waals surface area contributed by atoms with E-state index >= 15 is 0 Å². The maximum atomic E-state index is 13.3. The van der Waals surface area contributed by atoms with Gasteiger partial charge >= 0.3 is 16.4 Å². The molecule has 4 heterocycles. The zero-order valence-electron chi connectivity index (χ0n) is 19.4. The predicted molar refractivity (Wildman–Crippen MR) is 120 cm³/mol. The number of alkyl halides is 3. The molecule has 35 heavy (non-hydrogen) atoms. The lowest BCUT2D eigenvalue weighted by Crippen LogP contribution is -2.50. The number of amides is 1. The van der Waals surface area contributed by atoms with Crippen LogP contribution in [0.25, 0.3) is 0 Å². The Labute approximate surface area is 200 Å². The van der Waals surface area contributed by atoms with E-state index in [1.807, 2.05) is 20.8 Å². The Morgan fingerprint density at radius 2 is 1.83 bits per heavy atom. The van der Waals surface area contributed by atoms with Crippen molar-refractivity contribution in [3.05, 3.63) is 29.7 Å². The number of hydrogen-bond donors (Lipinski definition) is 1. The molecule has 2 aromatic rings. The number of carbonyl (C=O) groups excluding carboxylic acids is 1. The number of rotatable bonds is 4. The van der Waals surface area contributed by atoms with Crippen LogP contribution in [0.5, 0.6) is 5.88 Å². The van der Waals surface area contributed by atoms with Crippen molar-refractivity contribution in [3.63, 3.8) is 0 Å². The number of aromatic nitrogens is 2. The Morgan fingerprint density at radius 1 is 1.14 bits per heavy atom. The van der Waals surface area contributed by atoms with Crippen LogP contribution in [0.4, 0.5) is 24.7 Å². The Balaban J connectivity index is 1.54. The van der Waals surface area contributed by atoms with E-state index in [2.05, 4.69) is 15.5 Å². The van der Waals surface area contributed by atoms with Crippen molar-refractivity contribution < 1.29 is 35.6 Å². The molecule has 0 bridgehead atoms. The van der Waals surface area contributed by atoms with E-state index in [1.54, 1.807) is 6.07 Å². The van der Waals surface area contributed by atoms with Gasteiger partial charge in [0.2, 0.25) is 5.88 Å². The van der Waals surface area contributed by atoms with Gasteiger partial charge in [-0.05, 0) is 18.9 Å². The molecule has 10 nitrogen and oxygen atoms in total. The van der Waals surface area contributed by atoms with Gasteiger partial charge in [0.15, 0.2) is 5.82 Å². The summed E-state index contributed by atoms with van der Waals surface area (Å²) in [4.78, 5) is 16.9. The lowest BCUT2D eigenvalue weighted by molar-refractivity contribution is -0.182. The van der Waals surface area contributed by atoms with Crippen LogP contribution < -0.4 is 14.4 Å². The summed E-state index contributed by atoms with van der Waals surface area (Å²) >= 11 is 0. The Hall–Kier alpha value is -2.87. The van der Waals surface area contributed by atoms with E-state index in [9.17, 15) is 26.4 Å². The standard InChI is InChI=1S/C21H26F3N5O5S/c1-20(2,3)16-11-17(27-34-16)26-18(30)13-10-15-19(25-12-13)33-9-8-29(15)35(31,32)28-6-4-14(5-7-28)21(22,23)24/h10-12,14H,4-9H2,1-3H3,(H,26,27,30). The molecule has 2 aromatic heterocycles. The number of ether oxygens (including phenoxy) is 1. The summed E-state index contributed by atoms with van der Waals surface area (Å²) in [6, 6.07) is 2.91. The van der Waals surface area contributed by atoms with Crippen LogP contribution in [0.2, 0.25) is 0 Å². The molecule has 0 aliphatic carbocycles. The van der Waals surface area contributed by atoms with Crippen LogP contribution in [-0.2, 0) is 15.6 Å². The summed E-state index contributed by atoms with van der Waals surface area (Å²) < 4.78 is 78.3. The van der Waals surface area contributed by atoms with Gasteiger partial charge in [0.1, 0.15) is 18.1 Å².